The highest BCUT2D eigenvalue weighted by Gasteiger charge is 2.35. The predicted octanol–water partition coefficient (Wildman–Crippen LogP) is 2.88. The number of piperidine rings is 1. The molecule has 0 bridgehead atoms. The predicted molar refractivity (Wildman–Crippen MR) is 101 cm³/mol. The molecule has 0 aliphatic carbocycles. The van der Waals surface area contributed by atoms with Crippen LogP contribution in [0.15, 0.2) is 30.3 Å². The van der Waals surface area contributed by atoms with Gasteiger partial charge in [0.25, 0.3) is 0 Å². The summed E-state index contributed by atoms with van der Waals surface area (Å²) in [5.41, 5.74) is 1.34. The number of hydrogen-bond donors (Lipinski definition) is 2. The quantitative estimate of drug-likeness (QED) is 0.834. The van der Waals surface area contributed by atoms with E-state index in [4.69, 9.17) is 4.74 Å². The molecule has 1 aromatic carbocycles. The van der Waals surface area contributed by atoms with Crippen LogP contribution in [0.5, 0.6) is 0 Å². The van der Waals surface area contributed by atoms with Gasteiger partial charge in [0, 0.05) is 31.6 Å². The van der Waals surface area contributed by atoms with E-state index in [2.05, 4.69) is 47.9 Å². The molecule has 25 heavy (non-hydrogen) atoms. The Labute approximate surface area is 151 Å². The zero-order valence-electron chi connectivity index (χ0n) is 15.4. The lowest BCUT2D eigenvalue weighted by atomic mass is 9.74. The number of hydrogen-bond acceptors (Lipinski definition) is 3. The molecule has 2 fully saturated rings. The number of benzene rings is 1. The van der Waals surface area contributed by atoms with Crippen LogP contribution in [0.4, 0.5) is 0 Å². The van der Waals surface area contributed by atoms with Gasteiger partial charge in [-0.3, -0.25) is 4.79 Å². The summed E-state index contributed by atoms with van der Waals surface area (Å²) in [6, 6.07) is 10.6. The molecule has 138 valence electrons. The molecule has 0 radical (unpaired) electrons. The molecule has 2 aliphatic heterocycles. The Hall–Kier alpha value is -1.39. The van der Waals surface area contributed by atoms with Crippen LogP contribution in [-0.4, -0.2) is 38.8 Å². The van der Waals surface area contributed by atoms with Crippen LogP contribution in [0.2, 0.25) is 0 Å². The smallest absolute Gasteiger partial charge is 0.220 e. The molecule has 2 aliphatic rings. The largest absolute Gasteiger partial charge is 0.381 e. The first-order valence-corrected chi connectivity index (χ1v) is 9.80. The molecule has 1 amide bonds. The third-order valence-electron chi connectivity index (χ3n) is 6.11. The van der Waals surface area contributed by atoms with Gasteiger partial charge < -0.3 is 15.4 Å². The molecular weight excluding hydrogens is 312 g/mol. The van der Waals surface area contributed by atoms with Gasteiger partial charge in [-0.15, -0.1) is 0 Å². The number of carbonyl (C=O) groups excluding carboxylic acids is 1. The number of carbonyl (C=O) groups is 1. The number of rotatable bonds is 6. The monoisotopic (exact) mass is 344 g/mol. The van der Waals surface area contributed by atoms with Crippen molar-refractivity contribution < 1.29 is 9.53 Å². The molecule has 3 rings (SSSR count). The van der Waals surface area contributed by atoms with Crippen molar-refractivity contribution in [3.05, 3.63) is 35.9 Å². The third-order valence-corrected chi connectivity index (χ3v) is 6.11. The minimum absolute atomic E-state index is 0.0187. The van der Waals surface area contributed by atoms with Crippen LogP contribution in [0.3, 0.4) is 0 Å². The van der Waals surface area contributed by atoms with Gasteiger partial charge in [0.2, 0.25) is 5.91 Å². The summed E-state index contributed by atoms with van der Waals surface area (Å²) in [6.07, 6.45) is 5.05. The Morgan fingerprint density at radius 2 is 2.08 bits per heavy atom. The van der Waals surface area contributed by atoms with Crippen molar-refractivity contribution in [3.63, 3.8) is 0 Å². The fraction of sp³-hybridized carbons (Fsp3) is 0.667. The van der Waals surface area contributed by atoms with Crippen molar-refractivity contribution in [1.82, 2.24) is 10.6 Å². The van der Waals surface area contributed by atoms with Crippen molar-refractivity contribution in [2.24, 2.45) is 11.8 Å². The number of nitrogens with one attached hydrogen (secondary N) is 2. The first-order chi connectivity index (χ1) is 12.2. The lowest BCUT2D eigenvalue weighted by Crippen LogP contribution is -2.45. The normalized spacial score (nSPS) is 24.4. The summed E-state index contributed by atoms with van der Waals surface area (Å²) in [5.74, 6) is 1.26. The summed E-state index contributed by atoms with van der Waals surface area (Å²) >= 11 is 0. The lowest BCUT2D eigenvalue weighted by Gasteiger charge is -2.38. The lowest BCUT2D eigenvalue weighted by molar-refractivity contribution is -0.122. The highest BCUT2D eigenvalue weighted by Crippen LogP contribution is 2.34. The first kappa shape index (κ1) is 18.4. The molecule has 2 N–H and O–H groups in total. The molecule has 1 aromatic rings. The van der Waals surface area contributed by atoms with Gasteiger partial charge in [0.05, 0.1) is 0 Å². The highest BCUT2D eigenvalue weighted by atomic mass is 16.5. The molecule has 0 saturated carbocycles. The van der Waals surface area contributed by atoms with Crippen LogP contribution in [-0.2, 0) is 14.9 Å². The summed E-state index contributed by atoms with van der Waals surface area (Å²) < 4.78 is 5.58. The zero-order chi connectivity index (χ0) is 17.5. The van der Waals surface area contributed by atoms with E-state index >= 15 is 0 Å². The van der Waals surface area contributed by atoms with Crippen LogP contribution >= 0.6 is 0 Å². The maximum Gasteiger partial charge on any atom is 0.220 e. The Balaban J connectivity index is 1.56. The second kappa shape index (κ2) is 8.81. The van der Waals surface area contributed by atoms with Gasteiger partial charge in [-0.05, 0) is 56.2 Å². The average Bonchev–Trinajstić information content (AvgIpc) is 2.68. The SMILES string of the molecule is CC(CC(=O)NCC1(c2ccccc2)CCOCC1)C1CCCNC1. The Morgan fingerprint density at radius 3 is 2.76 bits per heavy atom. The Bertz CT molecular complexity index is 534. The highest BCUT2D eigenvalue weighted by molar-refractivity contribution is 5.76. The Kier molecular flexibility index (Phi) is 6.49. The van der Waals surface area contributed by atoms with Gasteiger partial charge in [-0.1, -0.05) is 37.3 Å². The molecule has 0 aromatic heterocycles. The summed E-state index contributed by atoms with van der Waals surface area (Å²) in [4.78, 5) is 12.5. The van der Waals surface area contributed by atoms with Crippen molar-refractivity contribution >= 4 is 5.91 Å². The molecule has 2 saturated heterocycles. The van der Waals surface area contributed by atoms with Crippen molar-refractivity contribution in [1.29, 1.82) is 0 Å². The molecule has 4 heteroatoms. The van der Waals surface area contributed by atoms with E-state index in [1.165, 1.54) is 18.4 Å². The third kappa shape index (κ3) is 4.83. The van der Waals surface area contributed by atoms with Crippen LogP contribution in [0, 0.1) is 11.8 Å². The van der Waals surface area contributed by atoms with E-state index in [-0.39, 0.29) is 11.3 Å². The zero-order valence-corrected chi connectivity index (χ0v) is 15.4. The van der Waals surface area contributed by atoms with E-state index < -0.39 is 0 Å². The summed E-state index contributed by atoms with van der Waals surface area (Å²) in [7, 11) is 0. The minimum atomic E-state index is 0.0187. The molecule has 0 spiro atoms. The van der Waals surface area contributed by atoms with E-state index in [0.717, 1.165) is 45.7 Å². The van der Waals surface area contributed by atoms with Crippen molar-refractivity contribution in [3.8, 4) is 0 Å². The summed E-state index contributed by atoms with van der Waals surface area (Å²) in [5, 5.41) is 6.70. The maximum absolute atomic E-state index is 12.5. The maximum atomic E-state index is 12.5. The fourth-order valence-electron chi connectivity index (χ4n) is 4.28. The second-order valence-electron chi connectivity index (χ2n) is 7.82. The number of amides is 1. The molecule has 2 atom stereocenters. The van der Waals surface area contributed by atoms with Gasteiger partial charge in [-0.2, -0.15) is 0 Å². The van der Waals surface area contributed by atoms with Gasteiger partial charge in [0.1, 0.15) is 0 Å². The van der Waals surface area contributed by atoms with E-state index in [0.29, 0.717) is 18.3 Å². The van der Waals surface area contributed by atoms with Gasteiger partial charge in [-0.25, -0.2) is 0 Å². The fourth-order valence-corrected chi connectivity index (χ4v) is 4.28. The van der Waals surface area contributed by atoms with Crippen molar-refractivity contribution in [2.45, 2.75) is 44.4 Å². The second-order valence-corrected chi connectivity index (χ2v) is 7.82. The van der Waals surface area contributed by atoms with Crippen LogP contribution in [0.1, 0.15) is 44.6 Å². The van der Waals surface area contributed by atoms with Gasteiger partial charge >= 0.3 is 0 Å². The molecule has 4 nitrogen and oxygen atoms in total. The van der Waals surface area contributed by atoms with Crippen LogP contribution < -0.4 is 10.6 Å². The molecular formula is C21H32N2O2. The first-order valence-electron chi connectivity index (χ1n) is 9.80. The molecule has 2 heterocycles. The van der Waals surface area contributed by atoms with Crippen molar-refractivity contribution in [2.75, 3.05) is 32.8 Å². The standard InChI is InChI=1S/C21H32N2O2/c1-17(18-6-5-11-22-15-18)14-20(24)23-16-21(9-12-25-13-10-21)19-7-3-2-4-8-19/h2-4,7-8,17-18,22H,5-6,9-16H2,1H3,(H,23,24). The molecule has 2 unspecified atom stereocenters. The van der Waals surface area contributed by atoms with Crippen LogP contribution in [0.25, 0.3) is 0 Å². The van der Waals surface area contributed by atoms with Gasteiger partial charge in [0.15, 0.2) is 0 Å². The van der Waals surface area contributed by atoms with E-state index in [9.17, 15) is 4.79 Å². The topological polar surface area (TPSA) is 50.4 Å². The Morgan fingerprint density at radius 1 is 1.32 bits per heavy atom. The average molecular weight is 344 g/mol. The summed E-state index contributed by atoms with van der Waals surface area (Å²) in [6.45, 7) is 6.66. The van der Waals surface area contributed by atoms with E-state index in [1.54, 1.807) is 0 Å². The minimum Gasteiger partial charge on any atom is -0.381 e. The van der Waals surface area contributed by atoms with E-state index in [1.807, 2.05) is 0 Å². The number of ether oxygens (including phenoxy) is 1.